The second-order valence-electron chi connectivity index (χ2n) is 3.42. The lowest BCUT2D eigenvalue weighted by Gasteiger charge is -2.06. The van der Waals surface area contributed by atoms with Crippen molar-refractivity contribution >= 4 is 16.5 Å². The van der Waals surface area contributed by atoms with E-state index in [9.17, 15) is 4.21 Å². The summed E-state index contributed by atoms with van der Waals surface area (Å²) in [7, 11) is -0.776. The lowest BCUT2D eigenvalue weighted by Crippen LogP contribution is -2.01. The molecule has 0 amide bonds. The summed E-state index contributed by atoms with van der Waals surface area (Å²) in [6.45, 7) is 4.56. The first kappa shape index (κ1) is 12.0. The predicted octanol–water partition coefficient (Wildman–Crippen LogP) is 2.55. The number of hydrogen-bond donors (Lipinski definition) is 1. The minimum atomic E-state index is -0.776. The molecule has 1 aromatic carbocycles. The van der Waals surface area contributed by atoms with Gasteiger partial charge in [-0.3, -0.25) is 4.21 Å². The summed E-state index contributed by atoms with van der Waals surface area (Å²) in [5.74, 6) is 0.622. The molecule has 1 unspecified atom stereocenters. The Morgan fingerprint density at radius 3 is 3.00 bits per heavy atom. The van der Waals surface area contributed by atoms with Crippen LogP contribution in [0.5, 0.6) is 0 Å². The molecule has 2 nitrogen and oxygen atoms in total. The van der Waals surface area contributed by atoms with E-state index in [0.717, 1.165) is 24.2 Å². The van der Waals surface area contributed by atoms with Gasteiger partial charge in [-0.25, -0.2) is 0 Å². The van der Waals surface area contributed by atoms with Crippen molar-refractivity contribution in [3.05, 3.63) is 42.5 Å². The third kappa shape index (κ3) is 4.79. The Bertz CT molecular complexity index is 349. The zero-order valence-corrected chi connectivity index (χ0v) is 9.85. The Morgan fingerprint density at radius 1 is 1.53 bits per heavy atom. The van der Waals surface area contributed by atoms with Gasteiger partial charge >= 0.3 is 0 Å². The molecule has 1 atom stereocenters. The first-order valence-electron chi connectivity index (χ1n) is 4.96. The summed E-state index contributed by atoms with van der Waals surface area (Å²) in [6.07, 6.45) is 4.56. The summed E-state index contributed by atoms with van der Waals surface area (Å²) < 4.78 is 11.1. The summed E-state index contributed by atoms with van der Waals surface area (Å²) in [6, 6.07) is 8.05. The fraction of sp³-hybridized carbons (Fsp3) is 0.333. The Morgan fingerprint density at radius 2 is 2.33 bits per heavy atom. The summed E-state index contributed by atoms with van der Waals surface area (Å²) in [5, 5.41) is 3.29. The first-order chi connectivity index (χ1) is 7.22. The van der Waals surface area contributed by atoms with Crippen LogP contribution in [0.2, 0.25) is 0 Å². The van der Waals surface area contributed by atoms with Gasteiger partial charge in [0.1, 0.15) is 0 Å². The highest BCUT2D eigenvalue weighted by molar-refractivity contribution is 7.83. The van der Waals surface area contributed by atoms with E-state index in [1.54, 1.807) is 6.26 Å². The Hall–Kier alpha value is -1.09. The second-order valence-corrected chi connectivity index (χ2v) is 4.86. The number of anilines is 1. The molecule has 0 fully saturated rings. The van der Waals surface area contributed by atoms with Crippen LogP contribution in [0.3, 0.4) is 0 Å². The van der Waals surface area contributed by atoms with Crippen molar-refractivity contribution < 1.29 is 4.21 Å². The monoisotopic (exact) mass is 223 g/mol. The molecule has 0 saturated heterocycles. The van der Waals surface area contributed by atoms with E-state index in [1.165, 1.54) is 0 Å². The van der Waals surface area contributed by atoms with Crippen LogP contribution in [0.15, 0.2) is 36.9 Å². The molecule has 1 aromatic rings. The average molecular weight is 223 g/mol. The molecule has 0 bridgehead atoms. The van der Waals surface area contributed by atoms with Crippen LogP contribution in [0, 0.1) is 0 Å². The van der Waals surface area contributed by atoms with Crippen molar-refractivity contribution in [1.29, 1.82) is 0 Å². The van der Waals surface area contributed by atoms with Gasteiger partial charge in [0.2, 0.25) is 0 Å². The highest BCUT2D eigenvalue weighted by Crippen LogP contribution is 2.11. The van der Waals surface area contributed by atoms with Gasteiger partial charge in [0.05, 0.1) is 0 Å². The number of benzene rings is 1. The minimum Gasteiger partial charge on any atom is -0.385 e. The van der Waals surface area contributed by atoms with E-state index in [0.29, 0.717) is 5.75 Å². The fourth-order valence-corrected chi connectivity index (χ4v) is 1.97. The predicted molar refractivity (Wildman–Crippen MR) is 67.5 cm³/mol. The SMILES string of the molecule is C=CCCNc1cccc(CS(C)=O)c1. The number of nitrogens with one attached hydrogen (secondary N) is 1. The molecule has 0 aliphatic rings. The summed E-state index contributed by atoms with van der Waals surface area (Å²) in [4.78, 5) is 0. The zero-order valence-electron chi connectivity index (χ0n) is 9.03. The van der Waals surface area contributed by atoms with Crippen LogP contribution in [0.25, 0.3) is 0 Å². The third-order valence-electron chi connectivity index (χ3n) is 1.97. The number of hydrogen-bond acceptors (Lipinski definition) is 2. The van der Waals surface area contributed by atoms with Crippen LogP contribution in [0.4, 0.5) is 5.69 Å². The van der Waals surface area contributed by atoms with Crippen LogP contribution < -0.4 is 5.32 Å². The van der Waals surface area contributed by atoms with E-state index in [-0.39, 0.29) is 0 Å². The zero-order chi connectivity index (χ0) is 11.1. The normalized spacial score (nSPS) is 12.1. The van der Waals surface area contributed by atoms with Crippen molar-refractivity contribution in [3.8, 4) is 0 Å². The van der Waals surface area contributed by atoms with Gasteiger partial charge in [-0.05, 0) is 24.1 Å². The van der Waals surface area contributed by atoms with Gasteiger partial charge in [-0.15, -0.1) is 6.58 Å². The van der Waals surface area contributed by atoms with Gasteiger partial charge in [-0.1, -0.05) is 18.2 Å². The smallest absolute Gasteiger partial charge is 0.0483 e. The lowest BCUT2D eigenvalue weighted by atomic mass is 10.2. The molecular weight excluding hydrogens is 206 g/mol. The quantitative estimate of drug-likeness (QED) is 0.593. The van der Waals surface area contributed by atoms with Crippen molar-refractivity contribution in [2.75, 3.05) is 18.1 Å². The molecular formula is C12H17NOS. The van der Waals surface area contributed by atoms with Gasteiger partial charge in [0.15, 0.2) is 0 Å². The van der Waals surface area contributed by atoms with E-state index < -0.39 is 10.8 Å². The lowest BCUT2D eigenvalue weighted by molar-refractivity contribution is 0.686. The molecule has 1 rings (SSSR count). The van der Waals surface area contributed by atoms with Gasteiger partial charge < -0.3 is 5.32 Å². The van der Waals surface area contributed by atoms with Crippen LogP contribution in [-0.4, -0.2) is 17.0 Å². The molecule has 0 aromatic heterocycles. The van der Waals surface area contributed by atoms with Gasteiger partial charge in [-0.2, -0.15) is 0 Å². The molecule has 0 aliphatic heterocycles. The van der Waals surface area contributed by atoms with Crippen LogP contribution in [0.1, 0.15) is 12.0 Å². The average Bonchev–Trinajstić information content (AvgIpc) is 2.18. The standard InChI is InChI=1S/C12H17NOS/c1-3-4-8-13-12-7-5-6-11(9-12)10-15(2)14/h3,5-7,9,13H,1,4,8,10H2,2H3. The highest BCUT2D eigenvalue weighted by atomic mass is 32.2. The maximum atomic E-state index is 11.1. The molecule has 0 saturated carbocycles. The van der Waals surface area contributed by atoms with E-state index in [1.807, 2.05) is 30.3 Å². The molecule has 0 radical (unpaired) electrons. The summed E-state index contributed by atoms with van der Waals surface area (Å²) in [5.41, 5.74) is 2.19. The number of rotatable bonds is 6. The van der Waals surface area contributed by atoms with Crippen molar-refractivity contribution in [2.24, 2.45) is 0 Å². The molecule has 1 N–H and O–H groups in total. The third-order valence-corrected chi connectivity index (χ3v) is 2.71. The first-order valence-corrected chi connectivity index (χ1v) is 6.69. The van der Waals surface area contributed by atoms with Gasteiger partial charge in [0, 0.05) is 35.0 Å². The van der Waals surface area contributed by atoms with Crippen LogP contribution in [-0.2, 0) is 16.6 Å². The minimum absolute atomic E-state index is 0.622. The topological polar surface area (TPSA) is 29.1 Å². The fourth-order valence-electron chi connectivity index (χ4n) is 1.32. The van der Waals surface area contributed by atoms with Crippen molar-refractivity contribution in [3.63, 3.8) is 0 Å². The molecule has 0 aliphatic carbocycles. The Kier molecular flexibility index (Phi) is 5.12. The Labute approximate surface area is 93.9 Å². The molecule has 15 heavy (non-hydrogen) atoms. The molecule has 0 heterocycles. The molecule has 82 valence electrons. The maximum Gasteiger partial charge on any atom is 0.0483 e. The van der Waals surface area contributed by atoms with Crippen molar-refractivity contribution in [2.45, 2.75) is 12.2 Å². The summed E-state index contributed by atoms with van der Waals surface area (Å²) >= 11 is 0. The van der Waals surface area contributed by atoms with Crippen molar-refractivity contribution in [1.82, 2.24) is 0 Å². The van der Waals surface area contributed by atoms with Gasteiger partial charge in [0.25, 0.3) is 0 Å². The van der Waals surface area contributed by atoms with E-state index >= 15 is 0 Å². The second kappa shape index (κ2) is 6.40. The largest absolute Gasteiger partial charge is 0.385 e. The highest BCUT2D eigenvalue weighted by Gasteiger charge is 1.97. The molecule has 3 heteroatoms. The Balaban J connectivity index is 2.57. The maximum absolute atomic E-state index is 11.1. The van der Waals surface area contributed by atoms with E-state index in [2.05, 4.69) is 11.9 Å². The van der Waals surface area contributed by atoms with Crippen LogP contribution >= 0.6 is 0 Å². The molecule has 0 spiro atoms. The van der Waals surface area contributed by atoms with E-state index in [4.69, 9.17) is 0 Å².